The molecule has 1 aliphatic rings. The minimum atomic E-state index is -4.63. The first kappa shape index (κ1) is 22.6. The number of rotatable bonds is 4. The molecule has 1 saturated heterocycles. The van der Waals surface area contributed by atoms with Gasteiger partial charge in [-0.25, -0.2) is 4.79 Å². The molecule has 1 aromatic heterocycles. The van der Waals surface area contributed by atoms with Crippen molar-refractivity contribution in [2.75, 3.05) is 26.2 Å². The molecule has 1 fully saturated rings. The smallest absolute Gasteiger partial charge is 0.338 e. The average molecular weight is 460 g/mol. The monoisotopic (exact) mass is 460 g/mol. The number of fused-ring (bicyclic) bond motifs is 1. The lowest BCUT2D eigenvalue weighted by molar-refractivity contribution is -0.138. The zero-order valence-electron chi connectivity index (χ0n) is 18.0. The molecule has 0 bridgehead atoms. The lowest BCUT2D eigenvalue weighted by Gasteiger charge is -2.35. The molecule has 0 radical (unpaired) electrons. The summed E-state index contributed by atoms with van der Waals surface area (Å²) in [6.45, 7) is 2.77. The average Bonchev–Trinajstić information content (AvgIpc) is 3.08. The summed E-state index contributed by atoms with van der Waals surface area (Å²) in [7, 11) is 0. The fraction of sp³-hybridized carbons (Fsp3) is 0.348. The number of amides is 2. The Hall–Kier alpha value is -3.56. The van der Waals surface area contributed by atoms with E-state index >= 15 is 0 Å². The second-order valence-corrected chi connectivity index (χ2v) is 7.82. The van der Waals surface area contributed by atoms with Gasteiger partial charge in [0.2, 0.25) is 5.91 Å². The van der Waals surface area contributed by atoms with Crippen molar-refractivity contribution < 1.29 is 22.8 Å². The van der Waals surface area contributed by atoms with Gasteiger partial charge in [0.1, 0.15) is 6.54 Å². The maximum absolute atomic E-state index is 13.3. The molecule has 0 aliphatic carbocycles. The van der Waals surface area contributed by atoms with Crippen LogP contribution in [0.4, 0.5) is 13.2 Å². The van der Waals surface area contributed by atoms with Gasteiger partial charge in [-0.3, -0.25) is 18.7 Å². The van der Waals surface area contributed by atoms with Gasteiger partial charge in [0.15, 0.2) is 0 Å². The molecule has 0 spiro atoms. The van der Waals surface area contributed by atoms with Gasteiger partial charge in [0, 0.05) is 32.7 Å². The summed E-state index contributed by atoms with van der Waals surface area (Å²) in [6, 6.07) is 11.9. The van der Waals surface area contributed by atoms with Crippen molar-refractivity contribution in [2.24, 2.45) is 0 Å². The molecule has 2 amide bonds. The van der Waals surface area contributed by atoms with E-state index in [0.717, 1.165) is 11.6 Å². The highest BCUT2D eigenvalue weighted by Gasteiger charge is 2.36. The van der Waals surface area contributed by atoms with Crippen molar-refractivity contribution in [2.45, 2.75) is 26.2 Å². The molecule has 7 nitrogen and oxygen atoms in total. The van der Waals surface area contributed by atoms with Gasteiger partial charge >= 0.3 is 11.9 Å². The van der Waals surface area contributed by atoms with E-state index in [0.29, 0.717) is 12.1 Å². The highest BCUT2D eigenvalue weighted by atomic mass is 19.4. The van der Waals surface area contributed by atoms with Crippen LogP contribution in [-0.2, 0) is 24.1 Å². The predicted octanol–water partition coefficient (Wildman–Crippen LogP) is 2.83. The van der Waals surface area contributed by atoms with Crippen molar-refractivity contribution in [1.82, 2.24) is 18.9 Å². The first-order valence-corrected chi connectivity index (χ1v) is 10.6. The minimum absolute atomic E-state index is 0.113. The third kappa shape index (κ3) is 4.24. The van der Waals surface area contributed by atoms with Crippen molar-refractivity contribution >= 4 is 22.8 Å². The number of hydrogen-bond donors (Lipinski definition) is 0. The van der Waals surface area contributed by atoms with Crippen molar-refractivity contribution in [3.8, 4) is 0 Å². The predicted molar refractivity (Wildman–Crippen MR) is 116 cm³/mol. The number of nitrogens with zero attached hydrogens (tertiary/aromatic N) is 4. The number of halogens is 3. The number of para-hydroxylation sites is 2. The number of benzene rings is 2. The van der Waals surface area contributed by atoms with E-state index in [1.54, 1.807) is 16.7 Å². The van der Waals surface area contributed by atoms with Gasteiger partial charge in [-0.05, 0) is 31.2 Å². The third-order valence-corrected chi connectivity index (χ3v) is 5.92. The van der Waals surface area contributed by atoms with Crippen LogP contribution in [0.5, 0.6) is 0 Å². The molecule has 0 N–H and O–H groups in total. The van der Waals surface area contributed by atoms with Crippen LogP contribution in [0.3, 0.4) is 0 Å². The van der Waals surface area contributed by atoms with E-state index in [9.17, 15) is 27.6 Å². The van der Waals surface area contributed by atoms with E-state index in [4.69, 9.17) is 0 Å². The molecule has 0 unspecified atom stereocenters. The van der Waals surface area contributed by atoms with E-state index < -0.39 is 23.2 Å². The number of carbonyl (C=O) groups is 2. The quantitative estimate of drug-likeness (QED) is 0.602. The molecule has 2 heterocycles. The molecule has 10 heteroatoms. The molecule has 2 aromatic carbocycles. The second-order valence-electron chi connectivity index (χ2n) is 7.82. The zero-order chi connectivity index (χ0) is 23.8. The van der Waals surface area contributed by atoms with E-state index in [-0.39, 0.29) is 44.3 Å². The molecule has 4 rings (SSSR count). The summed E-state index contributed by atoms with van der Waals surface area (Å²) in [5, 5.41) is 0. The first-order chi connectivity index (χ1) is 15.7. The van der Waals surface area contributed by atoms with Crippen LogP contribution >= 0.6 is 0 Å². The number of aromatic nitrogens is 2. The molecule has 33 heavy (non-hydrogen) atoms. The van der Waals surface area contributed by atoms with Gasteiger partial charge in [-0.1, -0.05) is 24.3 Å². The van der Waals surface area contributed by atoms with Gasteiger partial charge < -0.3 is 9.80 Å². The summed E-state index contributed by atoms with van der Waals surface area (Å²) >= 11 is 0. The van der Waals surface area contributed by atoms with Crippen LogP contribution in [0.25, 0.3) is 11.0 Å². The van der Waals surface area contributed by atoms with E-state index in [1.165, 1.54) is 32.6 Å². The fourth-order valence-electron chi connectivity index (χ4n) is 4.21. The molecular formula is C23H23F3N4O3. The van der Waals surface area contributed by atoms with Gasteiger partial charge in [0.05, 0.1) is 22.2 Å². The first-order valence-electron chi connectivity index (χ1n) is 10.6. The molecule has 0 atom stereocenters. The van der Waals surface area contributed by atoms with E-state index in [2.05, 4.69) is 0 Å². The Kier molecular flexibility index (Phi) is 6.01. The number of alkyl halides is 3. The normalized spacial score (nSPS) is 14.7. The molecule has 3 aromatic rings. The van der Waals surface area contributed by atoms with E-state index in [1.807, 2.05) is 19.1 Å². The largest absolute Gasteiger partial charge is 0.417 e. The molecule has 1 aliphatic heterocycles. The Bertz CT molecular complexity index is 1250. The zero-order valence-corrected chi connectivity index (χ0v) is 18.0. The molecular weight excluding hydrogens is 437 g/mol. The van der Waals surface area contributed by atoms with Crippen molar-refractivity contribution in [3.05, 3.63) is 70.1 Å². The SMILES string of the molecule is CCn1c(=O)n(CC(=O)N2CCN(C(=O)c3ccccc3C(F)(F)F)CC2)c2ccccc21. The van der Waals surface area contributed by atoms with Crippen molar-refractivity contribution in [3.63, 3.8) is 0 Å². The van der Waals surface area contributed by atoms with Gasteiger partial charge in [0.25, 0.3) is 5.91 Å². The van der Waals surface area contributed by atoms with Crippen LogP contribution in [0.2, 0.25) is 0 Å². The topological polar surface area (TPSA) is 67.6 Å². The number of aryl methyl sites for hydroxylation is 1. The fourth-order valence-corrected chi connectivity index (χ4v) is 4.21. The molecule has 0 saturated carbocycles. The maximum Gasteiger partial charge on any atom is 0.417 e. The third-order valence-electron chi connectivity index (χ3n) is 5.92. The molecule has 174 valence electrons. The highest BCUT2D eigenvalue weighted by molar-refractivity contribution is 5.96. The van der Waals surface area contributed by atoms with Crippen LogP contribution < -0.4 is 5.69 Å². The standard InChI is InChI=1S/C23H23F3N4O3/c1-2-29-18-9-5-6-10-19(18)30(22(29)33)15-20(31)27-11-13-28(14-12-27)21(32)16-7-3-4-8-17(16)23(24,25)26/h3-10H,2,11-15H2,1H3. The van der Waals surface area contributed by atoms with Crippen molar-refractivity contribution in [1.29, 1.82) is 0 Å². The maximum atomic E-state index is 13.3. The Morgan fingerprint density at radius 1 is 0.848 bits per heavy atom. The number of carbonyl (C=O) groups excluding carboxylic acids is 2. The van der Waals surface area contributed by atoms with Crippen LogP contribution in [0, 0.1) is 0 Å². The minimum Gasteiger partial charge on any atom is -0.338 e. The lowest BCUT2D eigenvalue weighted by Crippen LogP contribution is -2.51. The Balaban J connectivity index is 1.46. The second kappa shape index (κ2) is 8.76. The van der Waals surface area contributed by atoms with Gasteiger partial charge in [-0.15, -0.1) is 0 Å². The van der Waals surface area contributed by atoms with Crippen LogP contribution in [0.1, 0.15) is 22.8 Å². The summed E-state index contributed by atoms with van der Waals surface area (Å²) in [5.41, 5.74) is -0.236. The summed E-state index contributed by atoms with van der Waals surface area (Å²) in [5.74, 6) is -0.990. The summed E-state index contributed by atoms with van der Waals surface area (Å²) in [4.78, 5) is 41.2. The van der Waals surface area contributed by atoms with Crippen LogP contribution in [-0.4, -0.2) is 56.9 Å². The Labute approximate surface area is 187 Å². The highest BCUT2D eigenvalue weighted by Crippen LogP contribution is 2.32. The number of piperazine rings is 1. The Morgan fingerprint density at radius 2 is 1.39 bits per heavy atom. The number of hydrogen-bond acceptors (Lipinski definition) is 3. The number of imidazole rings is 1. The van der Waals surface area contributed by atoms with Crippen LogP contribution in [0.15, 0.2) is 53.3 Å². The summed E-state index contributed by atoms with van der Waals surface area (Å²) < 4.78 is 42.8. The van der Waals surface area contributed by atoms with Gasteiger partial charge in [-0.2, -0.15) is 13.2 Å². The summed E-state index contributed by atoms with van der Waals surface area (Å²) in [6.07, 6.45) is -4.63. The Morgan fingerprint density at radius 3 is 2.00 bits per heavy atom. The lowest BCUT2D eigenvalue weighted by atomic mass is 10.1.